The Labute approximate surface area is 168 Å². The van der Waals surface area contributed by atoms with Gasteiger partial charge >= 0.3 is 6.18 Å². The van der Waals surface area contributed by atoms with E-state index in [1.54, 1.807) is 0 Å². The van der Waals surface area contributed by atoms with Crippen LogP contribution < -0.4 is 10.6 Å². The number of anilines is 1. The molecular formula is C19H14ClF3N4O2. The summed E-state index contributed by atoms with van der Waals surface area (Å²) in [6.07, 6.45) is -3.99. The van der Waals surface area contributed by atoms with Crippen LogP contribution in [0.3, 0.4) is 0 Å². The highest BCUT2D eigenvalue weighted by Gasteiger charge is 2.41. The number of benzene rings is 2. The van der Waals surface area contributed by atoms with Gasteiger partial charge in [0.1, 0.15) is 0 Å². The first-order valence-electron chi connectivity index (χ1n) is 8.18. The highest BCUT2D eigenvalue weighted by molar-refractivity contribution is 6.30. The highest BCUT2D eigenvalue weighted by atomic mass is 35.5. The zero-order valence-electron chi connectivity index (χ0n) is 14.9. The summed E-state index contributed by atoms with van der Waals surface area (Å²) in [7, 11) is 1.32. The van der Waals surface area contributed by atoms with Crippen LogP contribution in [0.15, 0.2) is 54.7 Å². The van der Waals surface area contributed by atoms with Crippen molar-refractivity contribution in [3.05, 3.63) is 76.6 Å². The van der Waals surface area contributed by atoms with Gasteiger partial charge in [-0.1, -0.05) is 17.7 Å². The van der Waals surface area contributed by atoms with Gasteiger partial charge in [-0.3, -0.25) is 9.59 Å². The number of carbonyl (C=O) groups is 2. The maximum Gasteiger partial charge on any atom is 0.434 e. The summed E-state index contributed by atoms with van der Waals surface area (Å²) in [6, 6.07) is 11.3. The molecule has 1 aromatic heterocycles. The minimum Gasteiger partial charge on any atom is -0.366 e. The summed E-state index contributed by atoms with van der Waals surface area (Å²) in [4.78, 5) is 25.0. The number of halogens is 4. The Morgan fingerprint density at radius 1 is 1.14 bits per heavy atom. The highest BCUT2D eigenvalue weighted by Crippen LogP contribution is 2.35. The van der Waals surface area contributed by atoms with Gasteiger partial charge < -0.3 is 10.6 Å². The first kappa shape index (κ1) is 20.4. The molecule has 29 heavy (non-hydrogen) atoms. The van der Waals surface area contributed by atoms with Gasteiger partial charge in [0.15, 0.2) is 5.69 Å². The lowest BCUT2D eigenvalue weighted by Crippen LogP contribution is -2.29. The summed E-state index contributed by atoms with van der Waals surface area (Å²) in [5.41, 5.74) is 3.87. The van der Waals surface area contributed by atoms with Crippen molar-refractivity contribution in [2.75, 3.05) is 11.9 Å². The molecule has 0 bridgehead atoms. The molecule has 0 saturated carbocycles. The smallest absolute Gasteiger partial charge is 0.366 e. The van der Waals surface area contributed by atoms with E-state index < -0.39 is 29.2 Å². The quantitative estimate of drug-likeness (QED) is 0.692. The zero-order valence-corrected chi connectivity index (χ0v) is 15.7. The fourth-order valence-electron chi connectivity index (χ4n) is 2.73. The Balaban J connectivity index is 2.03. The lowest BCUT2D eigenvalue weighted by molar-refractivity contribution is -0.143. The number of hydrogen-bond donors (Lipinski definition) is 1. The van der Waals surface area contributed by atoms with Crippen LogP contribution in [-0.2, 0) is 6.18 Å². The number of aromatic nitrogens is 2. The van der Waals surface area contributed by atoms with E-state index in [9.17, 15) is 22.8 Å². The van der Waals surface area contributed by atoms with E-state index >= 15 is 0 Å². The Bertz CT molecular complexity index is 1080. The molecule has 2 N–H and O–H groups in total. The summed E-state index contributed by atoms with van der Waals surface area (Å²) in [5, 5.41) is 3.99. The minimum absolute atomic E-state index is 0.0670. The third-order valence-corrected chi connectivity index (χ3v) is 4.40. The molecular weight excluding hydrogens is 409 g/mol. The molecule has 2 aromatic carbocycles. The van der Waals surface area contributed by atoms with Crippen LogP contribution >= 0.6 is 11.6 Å². The molecule has 0 atom stereocenters. The maximum absolute atomic E-state index is 13.8. The number of amides is 2. The summed E-state index contributed by atoms with van der Waals surface area (Å²) in [6.45, 7) is 0. The molecule has 1 heterocycles. The normalized spacial score (nSPS) is 11.3. The molecule has 0 unspecified atom stereocenters. The first-order valence-corrected chi connectivity index (χ1v) is 8.56. The molecule has 0 aliphatic heterocycles. The van der Waals surface area contributed by atoms with Crippen molar-refractivity contribution in [1.29, 1.82) is 0 Å². The molecule has 2 amide bonds. The molecule has 6 nitrogen and oxygen atoms in total. The fraction of sp³-hybridized carbons (Fsp3) is 0.105. The second kappa shape index (κ2) is 7.59. The molecule has 0 saturated heterocycles. The predicted octanol–water partition coefficient (Wildman–Crippen LogP) is 3.92. The number of rotatable bonds is 4. The third-order valence-electron chi connectivity index (χ3n) is 4.16. The van der Waals surface area contributed by atoms with Crippen molar-refractivity contribution in [3.63, 3.8) is 0 Å². The average molecular weight is 423 g/mol. The van der Waals surface area contributed by atoms with E-state index in [4.69, 9.17) is 17.3 Å². The van der Waals surface area contributed by atoms with Crippen molar-refractivity contribution < 1.29 is 22.8 Å². The van der Waals surface area contributed by atoms with E-state index in [0.717, 1.165) is 11.1 Å². The molecule has 0 aliphatic rings. The Hall–Kier alpha value is -3.33. The third kappa shape index (κ3) is 4.09. The number of nitrogens with zero attached hydrogens (tertiary/aromatic N) is 3. The summed E-state index contributed by atoms with van der Waals surface area (Å²) in [5.74, 6) is -1.58. The van der Waals surface area contributed by atoms with Gasteiger partial charge in [0.05, 0.1) is 17.4 Å². The molecule has 0 fully saturated rings. The van der Waals surface area contributed by atoms with E-state index in [-0.39, 0.29) is 22.0 Å². The van der Waals surface area contributed by atoms with Crippen molar-refractivity contribution >= 4 is 29.1 Å². The molecule has 3 rings (SSSR count). The van der Waals surface area contributed by atoms with E-state index in [2.05, 4.69) is 5.10 Å². The molecule has 150 valence electrons. The van der Waals surface area contributed by atoms with Gasteiger partial charge in [-0.05, 0) is 42.5 Å². The van der Waals surface area contributed by atoms with Crippen molar-refractivity contribution in [2.24, 2.45) is 5.73 Å². The Morgan fingerprint density at radius 2 is 1.79 bits per heavy atom. The van der Waals surface area contributed by atoms with Gasteiger partial charge in [0.25, 0.3) is 5.91 Å². The largest absolute Gasteiger partial charge is 0.434 e. The van der Waals surface area contributed by atoms with Crippen LogP contribution in [0.5, 0.6) is 0 Å². The number of nitrogens with two attached hydrogens (primary N) is 1. The van der Waals surface area contributed by atoms with E-state index in [1.807, 2.05) is 0 Å². The van der Waals surface area contributed by atoms with Gasteiger partial charge in [0, 0.05) is 23.3 Å². The van der Waals surface area contributed by atoms with Crippen molar-refractivity contribution in [1.82, 2.24) is 9.78 Å². The molecule has 3 aromatic rings. The molecule has 0 radical (unpaired) electrons. The van der Waals surface area contributed by atoms with Crippen LogP contribution in [0, 0.1) is 0 Å². The molecule has 0 aliphatic carbocycles. The van der Waals surface area contributed by atoms with Gasteiger partial charge in [-0.2, -0.15) is 18.3 Å². The van der Waals surface area contributed by atoms with Crippen molar-refractivity contribution in [2.45, 2.75) is 6.18 Å². The minimum atomic E-state index is -4.85. The van der Waals surface area contributed by atoms with Gasteiger partial charge in [0.2, 0.25) is 5.91 Å². The standard InChI is InChI=1S/C19H14ClF3N4O2/c1-26(13-7-5-11(6-8-13)17(24)28)18(29)15-10-25-27(16(15)19(21,22)23)14-4-2-3-12(20)9-14/h2-10H,1H3,(H2,24,28). The average Bonchev–Trinajstić information content (AvgIpc) is 3.12. The summed E-state index contributed by atoms with van der Waals surface area (Å²) < 4.78 is 42.0. The van der Waals surface area contributed by atoms with Crippen LogP contribution in [-0.4, -0.2) is 28.6 Å². The number of hydrogen-bond acceptors (Lipinski definition) is 3. The first-order chi connectivity index (χ1) is 13.6. The SMILES string of the molecule is CN(C(=O)c1cnn(-c2cccc(Cl)c2)c1C(F)(F)F)c1ccc(C(N)=O)cc1. The van der Waals surface area contributed by atoms with Gasteiger partial charge in [-0.25, -0.2) is 4.68 Å². The maximum atomic E-state index is 13.8. The van der Waals surface area contributed by atoms with Crippen LogP contribution in [0.2, 0.25) is 5.02 Å². The number of carbonyl (C=O) groups excluding carboxylic acids is 2. The monoisotopic (exact) mass is 422 g/mol. The molecule has 10 heteroatoms. The van der Waals surface area contributed by atoms with Crippen LogP contribution in [0.25, 0.3) is 5.69 Å². The Morgan fingerprint density at radius 3 is 2.34 bits per heavy atom. The van der Waals surface area contributed by atoms with Crippen LogP contribution in [0.4, 0.5) is 18.9 Å². The van der Waals surface area contributed by atoms with Crippen LogP contribution in [0.1, 0.15) is 26.4 Å². The van der Waals surface area contributed by atoms with E-state index in [0.29, 0.717) is 4.68 Å². The zero-order chi connectivity index (χ0) is 21.3. The lowest BCUT2D eigenvalue weighted by Gasteiger charge is -2.19. The molecule has 0 spiro atoms. The topological polar surface area (TPSA) is 81.2 Å². The Kier molecular flexibility index (Phi) is 5.34. The predicted molar refractivity (Wildman–Crippen MR) is 101 cm³/mol. The lowest BCUT2D eigenvalue weighted by atomic mass is 10.1. The van der Waals surface area contributed by atoms with E-state index in [1.165, 1.54) is 55.6 Å². The second-order valence-electron chi connectivity index (χ2n) is 6.07. The van der Waals surface area contributed by atoms with Crippen molar-refractivity contribution in [3.8, 4) is 5.69 Å². The number of primary amides is 1. The number of alkyl halides is 3. The van der Waals surface area contributed by atoms with Gasteiger partial charge in [-0.15, -0.1) is 0 Å². The fourth-order valence-corrected chi connectivity index (χ4v) is 2.91. The summed E-state index contributed by atoms with van der Waals surface area (Å²) >= 11 is 5.87. The second-order valence-corrected chi connectivity index (χ2v) is 6.51.